The molecule has 0 N–H and O–H groups in total. The highest BCUT2D eigenvalue weighted by atomic mass is 19.2. The van der Waals surface area contributed by atoms with Crippen molar-refractivity contribution in [1.82, 2.24) is 0 Å². The maximum atomic E-state index is 14.8. The van der Waals surface area contributed by atoms with E-state index in [1.807, 2.05) is 12.1 Å². The molecule has 3 heteroatoms. The van der Waals surface area contributed by atoms with E-state index >= 15 is 0 Å². The van der Waals surface area contributed by atoms with Crippen LogP contribution in [0, 0.1) is 23.4 Å². The standard InChI is InChI=1S/C24H23F3/c1-2-15-3-5-16(6-4-15)17-7-10-20(23(26)14-17)18-8-11-21-19(13-18)9-12-22(25)24(21)27/h7-16H,2-6H2,1H3/t15-,16-. The Labute approximate surface area is 158 Å². The van der Waals surface area contributed by atoms with E-state index in [0.29, 0.717) is 22.4 Å². The van der Waals surface area contributed by atoms with Crippen molar-refractivity contribution in [2.45, 2.75) is 44.9 Å². The molecular weight excluding hydrogens is 345 g/mol. The molecule has 0 heterocycles. The average molecular weight is 368 g/mol. The largest absolute Gasteiger partial charge is 0.206 e. The Morgan fingerprint density at radius 2 is 1.59 bits per heavy atom. The van der Waals surface area contributed by atoms with Crippen molar-refractivity contribution >= 4 is 10.8 Å². The van der Waals surface area contributed by atoms with Gasteiger partial charge in [0.2, 0.25) is 0 Å². The Bertz CT molecular complexity index is 969. The summed E-state index contributed by atoms with van der Waals surface area (Å²) in [5, 5.41) is 0.774. The molecule has 1 aliphatic carbocycles. The van der Waals surface area contributed by atoms with Gasteiger partial charge in [0.15, 0.2) is 11.6 Å². The summed E-state index contributed by atoms with van der Waals surface area (Å²) in [6, 6.07) is 13.0. The molecule has 0 nitrogen and oxygen atoms in total. The second-order valence-electron chi connectivity index (χ2n) is 7.66. The van der Waals surface area contributed by atoms with Gasteiger partial charge in [-0.1, -0.05) is 43.7 Å². The van der Waals surface area contributed by atoms with Crippen LogP contribution >= 0.6 is 0 Å². The lowest BCUT2D eigenvalue weighted by Crippen LogP contribution is -2.12. The van der Waals surface area contributed by atoms with Gasteiger partial charge in [0.05, 0.1) is 0 Å². The van der Waals surface area contributed by atoms with E-state index in [1.54, 1.807) is 18.2 Å². The molecule has 0 amide bonds. The van der Waals surface area contributed by atoms with Crippen LogP contribution in [0.5, 0.6) is 0 Å². The van der Waals surface area contributed by atoms with Gasteiger partial charge in [0, 0.05) is 10.9 Å². The smallest absolute Gasteiger partial charge is 0.166 e. The second-order valence-corrected chi connectivity index (χ2v) is 7.66. The summed E-state index contributed by atoms with van der Waals surface area (Å²) in [5.74, 6) is -0.744. The lowest BCUT2D eigenvalue weighted by Gasteiger charge is -2.28. The van der Waals surface area contributed by atoms with E-state index < -0.39 is 11.6 Å². The molecule has 27 heavy (non-hydrogen) atoms. The number of fused-ring (bicyclic) bond motifs is 1. The molecule has 0 atom stereocenters. The minimum absolute atomic E-state index is 0.212. The fraction of sp³-hybridized carbons (Fsp3) is 0.333. The maximum absolute atomic E-state index is 14.8. The summed E-state index contributed by atoms with van der Waals surface area (Å²) < 4.78 is 42.1. The highest BCUT2D eigenvalue weighted by Gasteiger charge is 2.22. The van der Waals surface area contributed by atoms with E-state index in [-0.39, 0.29) is 11.2 Å². The number of halogens is 3. The molecule has 0 radical (unpaired) electrons. The molecule has 0 unspecified atom stereocenters. The van der Waals surface area contributed by atoms with E-state index in [9.17, 15) is 13.2 Å². The first kappa shape index (κ1) is 18.1. The highest BCUT2D eigenvalue weighted by molar-refractivity contribution is 5.88. The third kappa shape index (κ3) is 3.47. The van der Waals surface area contributed by atoms with Gasteiger partial charge in [-0.15, -0.1) is 0 Å². The van der Waals surface area contributed by atoms with Crippen molar-refractivity contribution in [2.75, 3.05) is 0 Å². The van der Waals surface area contributed by atoms with Crippen LogP contribution < -0.4 is 0 Å². The number of benzene rings is 3. The average Bonchev–Trinajstić information content (AvgIpc) is 2.70. The fourth-order valence-corrected chi connectivity index (χ4v) is 4.36. The normalized spacial score (nSPS) is 20.1. The molecule has 3 aromatic rings. The highest BCUT2D eigenvalue weighted by Crippen LogP contribution is 2.38. The monoisotopic (exact) mass is 368 g/mol. The van der Waals surface area contributed by atoms with E-state index in [2.05, 4.69) is 6.92 Å². The minimum Gasteiger partial charge on any atom is -0.206 e. The number of hydrogen-bond donors (Lipinski definition) is 0. The third-order valence-electron chi connectivity index (χ3n) is 6.11. The summed E-state index contributed by atoms with van der Waals surface area (Å²) in [7, 11) is 0. The van der Waals surface area contributed by atoms with Crippen LogP contribution in [-0.2, 0) is 0 Å². The SMILES string of the molecule is CC[C@H]1CC[C@H](c2ccc(-c3ccc4c(F)c(F)ccc4c3)c(F)c2)CC1. The minimum atomic E-state index is -0.872. The number of hydrogen-bond acceptors (Lipinski definition) is 0. The first-order chi connectivity index (χ1) is 13.1. The lowest BCUT2D eigenvalue weighted by atomic mass is 9.77. The third-order valence-corrected chi connectivity index (χ3v) is 6.11. The van der Waals surface area contributed by atoms with Gasteiger partial charge in [-0.2, -0.15) is 0 Å². The van der Waals surface area contributed by atoms with Gasteiger partial charge >= 0.3 is 0 Å². The molecule has 0 aromatic heterocycles. The summed E-state index contributed by atoms with van der Waals surface area (Å²) in [6.45, 7) is 2.24. The Balaban J connectivity index is 1.63. The van der Waals surface area contributed by atoms with Crippen LogP contribution in [0.15, 0.2) is 48.5 Å². The van der Waals surface area contributed by atoms with Gasteiger partial charge in [0.1, 0.15) is 5.82 Å². The molecule has 0 saturated heterocycles. The van der Waals surface area contributed by atoms with Gasteiger partial charge in [-0.05, 0) is 72.2 Å². The molecular formula is C24H23F3. The summed E-state index contributed by atoms with van der Waals surface area (Å²) >= 11 is 0. The lowest BCUT2D eigenvalue weighted by molar-refractivity contribution is 0.318. The van der Waals surface area contributed by atoms with E-state index in [0.717, 1.165) is 30.4 Å². The number of rotatable bonds is 3. The fourth-order valence-electron chi connectivity index (χ4n) is 4.36. The summed E-state index contributed by atoms with van der Waals surface area (Å²) in [4.78, 5) is 0. The van der Waals surface area contributed by atoms with Gasteiger partial charge in [-0.25, -0.2) is 13.2 Å². The zero-order valence-corrected chi connectivity index (χ0v) is 15.4. The Morgan fingerprint density at radius 3 is 2.30 bits per heavy atom. The van der Waals surface area contributed by atoms with Crippen molar-refractivity contribution in [1.29, 1.82) is 0 Å². The maximum Gasteiger partial charge on any atom is 0.166 e. The zero-order chi connectivity index (χ0) is 19.0. The van der Waals surface area contributed by atoms with Gasteiger partial charge < -0.3 is 0 Å². The summed E-state index contributed by atoms with van der Waals surface area (Å²) in [6.07, 6.45) is 5.91. The van der Waals surface area contributed by atoms with Gasteiger partial charge in [-0.3, -0.25) is 0 Å². The molecule has 140 valence electrons. The first-order valence-corrected chi connectivity index (χ1v) is 9.74. The second kappa shape index (κ2) is 7.38. The van der Waals surface area contributed by atoms with Crippen molar-refractivity contribution in [3.8, 4) is 11.1 Å². The first-order valence-electron chi connectivity index (χ1n) is 9.74. The van der Waals surface area contributed by atoms with Crippen LogP contribution in [0.4, 0.5) is 13.2 Å². The zero-order valence-electron chi connectivity index (χ0n) is 15.4. The van der Waals surface area contributed by atoms with Gasteiger partial charge in [0.25, 0.3) is 0 Å². The van der Waals surface area contributed by atoms with E-state index in [1.165, 1.54) is 31.4 Å². The molecule has 1 aliphatic rings. The molecule has 4 rings (SSSR count). The Morgan fingerprint density at radius 1 is 0.815 bits per heavy atom. The van der Waals surface area contributed by atoms with Crippen LogP contribution in [-0.4, -0.2) is 0 Å². The van der Waals surface area contributed by atoms with Crippen LogP contribution in [0.2, 0.25) is 0 Å². The van der Waals surface area contributed by atoms with Crippen molar-refractivity contribution in [3.63, 3.8) is 0 Å². The predicted octanol–water partition coefficient (Wildman–Crippen LogP) is 7.61. The predicted molar refractivity (Wildman–Crippen MR) is 104 cm³/mol. The topological polar surface area (TPSA) is 0 Å². The molecule has 0 aliphatic heterocycles. The summed E-state index contributed by atoms with van der Waals surface area (Å²) in [5.41, 5.74) is 2.24. The molecule has 1 saturated carbocycles. The van der Waals surface area contributed by atoms with Crippen molar-refractivity contribution < 1.29 is 13.2 Å². The van der Waals surface area contributed by atoms with E-state index in [4.69, 9.17) is 0 Å². The molecule has 0 spiro atoms. The quantitative estimate of drug-likeness (QED) is 0.446. The van der Waals surface area contributed by atoms with Crippen LogP contribution in [0.1, 0.15) is 50.5 Å². The molecule has 0 bridgehead atoms. The van der Waals surface area contributed by atoms with Crippen molar-refractivity contribution in [3.05, 3.63) is 71.5 Å². The molecule has 1 fully saturated rings. The van der Waals surface area contributed by atoms with Crippen LogP contribution in [0.3, 0.4) is 0 Å². The molecule has 3 aromatic carbocycles. The van der Waals surface area contributed by atoms with Crippen LogP contribution in [0.25, 0.3) is 21.9 Å². The Hall–Kier alpha value is -2.29. The Kier molecular flexibility index (Phi) is 4.94. The van der Waals surface area contributed by atoms with Crippen molar-refractivity contribution in [2.24, 2.45) is 5.92 Å².